The van der Waals surface area contributed by atoms with Crippen molar-refractivity contribution in [3.05, 3.63) is 216 Å². The molecule has 5 N–H and O–H groups in total. The first-order chi connectivity index (χ1) is 31.5. The molecule has 0 radical (unpaired) electrons. The summed E-state index contributed by atoms with van der Waals surface area (Å²) in [5.41, 5.74) is 24.8. The van der Waals surface area contributed by atoms with Crippen molar-refractivity contribution in [3.63, 3.8) is 0 Å². The van der Waals surface area contributed by atoms with Crippen molar-refractivity contribution in [1.29, 1.82) is 0 Å². The first-order valence-electron chi connectivity index (χ1n) is 21.2. The van der Waals surface area contributed by atoms with Gasteiger partial charge < -0.3 is 21.0 Å². The molecule has 3 aromatic heterocycles. The minimum absolute atomic E-state index is 0.209. The lowest BCUT2D eigenvalue weighted by molar-refractivity contribution is 0.102. The number of carbonyl (C=O) groups excluding carboxylic acids is 1. The monoisotopic (exact) mass is 824 g/mol. The molecular formula is C57H40N6O. The number of nitrogens with zero attached hydrogens (tertiary/aromatic N) is 2. The Hall–Kier alpha value is -8.81. The summed E-state index contributed by atoms with van der Waals surface area (Å²) in [5.74, 6) is -0.209. The standard InChI is InChI=1S/C57H40N6O/c58-43-20-10-18-41(34-43)42-19-11-21-44(35-42)59-57(64)40-24-22-39(23-25-40)56-51-32-30-49(62-51)54(37-14-6-2-7-15-37)47-28-26-45(60-47)53(36-12-4-1-5-13-36)46-27-29-48(61-46)55(38-16-8-3-9-17-38)50-31-33-52(56)63-50/h1-35,60,63H,58H2,(H,59,64). The Labute approximate surface area is 370 Å². The quantitative estimate of drug-likeness (QED) is 0.120. The minimum atomic E-state index is -0.209. The van der Waals surface area contributed by atoms with Crippen LogP contribution in [0, 0.1) is 0 Å². The van der Waals surface area contributed by atoms with Gasteiger partial charge in [0.05, 0.1) is 22.8 Å². The molecule has 0 saturated carbocycles. The Morgan fingerprint density at radius 2 is 0.766 bits per heavy atom. The summed E-state index contributed by atoms with van der Waals surface area (Å²) in [4.78, 5) is 32.2. The van der Waals surface area contributed by atoms with Crippen LogP contribution in [0.2, 0.25) is 0 Å². The molecule has 11 rings (SSSR count). The number of carbonyl (C=O) groups is 1. The zero-order valence-corrected chi connectivity index (χ0v) is 34.6. The normalized spacial score (nSPS) is 11.8. The number of aromatic nitrogens is 4. The van der Waals surface area contributed by atoms with E-state index in [2.05, 4.69) is 137 Å². The van der Waals surface area contributed by atoms with Gasteiger partial charge in [-0.1, -0.05) is 127 Å². The Morgan fingerprint density at radius 3 is 1.19 bits per heavy atom. The third kappa shape index (κ3) is 7.27. The van der Waals surface area contributed by atoms with Crippen molar-refractivity contribution in [1.82, 2.24) is 19.9 Å². The molecule has 6 aromatic carbocycles. The topological polar surface area (TPSA) is 112 Å². The highest BCUT2D eigenvalue weighted by Gasteiger charge is 2.19. The summed E-state index contributed by atoms with van der Waals surface area (Å²) >= 11 is 0. The number of anilines is 2. The average molecular weight is 825 g/mol. The number of benzene rings is 6. The average Bonchev–Trinajstić information content (AvgIpc) is 4.19. The van der Waals surface area contributed by atoms with Crippen molar-refractivity contribution < 1.29 is 4.79 Å². The Kier molecular flexibility index (Phi) is 9.67. The van der Waals surface area contributed by atoms with E-state index in [9.17, 15) is 4.79 Å². The number of nitrogens with one attached hydrogen (secondary N) is 3. The number of aromatic amines is 2. The van der Waals surface area contributed by atoms with E-state index in [-0.39, 0.29) is 5.91 Å². The lowest BCUT2D eigenvalue weighted by atomic mass is 10.0. The zero-order chi connectivity index (χ0) is 43.0. The van der Waals surface area contributed by atoms with E-state index in [0.717, 1.165) is 100 Å². The van der Waals surface area contributed by atoms with Gasteiger partial charge in [0.15, 0.2) is 0 Å². The van der Waals surface area contributed by atoms with Gasteiger partial charge in [0.25, 0.3) is 5.91 Å². The maximum absolute atomic E-state index is 13.7. The maximum Gasteiger partial charge on any atom is 0.255 e. The number of H-pyrrole nitrogens is 2. The molecule has 64 heavy (non-hydrogen) atoms. The number of rotatable bonds is 7. The number of nitrogen functional groups attached to an aromatic ring is 1. The van der Waals surface area contributed by atoms with Crippen molar-refractivity contribution in [2.45, 2.75) is 0 Å². The van der Waals surface area contributed by atoms with E-state index in [1.807, 2.05) is 91.0 Å². The third-order valence-electron chi connectivity index (χ3n) is 11.7. The van der Waals surface area contributed by atoms with Crippen LogP contribution in [0.5, 0.6) is 0 Å². The maximum atomic E-state index is 13.7. The summed E-state index contributed by atoms with van der Waals surface area (Å²) in [6.07, 6.45) is 8.39. The largest absolute Gasteiger partial charge is 0.399 e. The molecule has 0 spiro atoms. The van der Waals surface area contributed by atoms with Crippen LogP contribution in [0.1, 0.15) is 33.1 Å². The summed E-state index contributed by atoms with van der Waals surface area (Å²) in [7, 11) is 0. The van der Waals surface area contributed by atoms with Crippen molar-refractivity contribution in [3.8, 4) is 55.6 Å². The van der Waals surface area contributed by atoms with Gasteiger partial charge in [0.1, 0.15) is 0 Å². The van der Waals surface area contributed by atoms with Crippen LogP contribution in [-0.4, -0.2) is 25.8 Å². The van der Waals surface area contributed by atoms with Crippen molar-refractivity contribution in [2.75, 3.05) is 11.1 Å². The molecular weight excluding hydrogens is 785 g/mol. The van der Waals surface area contributed by atoms with Gasteiger partial charge >= 0.3 is 0 Å². The number of amides is 1. The van der Waals surface area contributed by atoms with Crippen LogP contribution < -0.4 is 11.1 Å². The first kappa shape index (κ1) is 38.1. The molecule has 2 aliphatic rings. The van der Waals surface area contributed by atoms with Crippen LogP contribution in [0.4, 0.5) is 11.4 Å². The van der Waals surface area contributed by atoms with Crippen LogP contribution in [-0.2, 0) is 0 Å². The summed E-state index contributed by atoms with van der Waals surface area (Å²) in [6, 6.07) is 62.9. The molecule has 7 nitrogen and oxygen atoms in total. The third-order valence-corrected chi connectivity index (χ3v) is 11.7. The highest BCUT2D eigenvalue weighted by Crippen LogP contribution is 2.38. The smallest absolute Gasteiger partial charge is 0.255 e. The number of hydrogen-bond acceptors (Lipinski definition) is 4. The number of nitrogens with two attached hydrogens (primary N) is 1. The van der Waals surface area contributed by atoms with E-state index < -0.39 is 0 Å². The van der Waals surface area contributed by atoms with Crippen molar-refractivity contribution >= 4 is 63.7 Å². The molecule has 0 atom stereocenters. The predicted molar refractivity (Wildman–Crippen MR) is 265 cm³/mol. The SMILES string of the molecule is Nc1cccc(-c2cccc(NC(=O)c3ccc(-c4c5nc(c(-c6ccccc6)c6ccc([nH]6)c(-c6ccccc6)c6nc(c(-c7ccccc7)c7ccc4[nH]7)C=C6)C=C5)cc3)c2)c1. The number of hydrogen-bond donors (Lipinski definition) is 4. The molecule has 9 aromatic rings. The van der Waals surface area contributed by atoms with Crippen LogP contribution in [0.15, 0.2) is 188 Å². The molecule has 0 saturated heterocycles. The summed E-state index contributed by atoms with van der Waals surface area (Å²) < 4.78 is 0. The molecule has 0 unspecified atom stereocenters. The molecule has 304 valence electrons. The second kappa shape index (κ2) is 16.2. The molecule has 2 aliphatic heterocycles. The molecule has 1 amide bonds. The lowest BCUT2D eigenvalue weighted by Crippen LogP contribution is -2.11. The highest BCUT2D eigenvalue weighted by molar-refractivity contribution is 6.05. The van der Waals surface area contributed by atoms with Crippen LogP contribution in [0.25, 0.3) is 102 Å². The first-order valence-corrected chi connectivity index (χ1v) is 21.2. The molecule has 0 fully saturated rings. The van der Waals surface area contributed by atoms with Gasteiger partial charge in [0.2, 0.25) is 0 Å². The van der Waals surface area contributed by atoms with E-state index >= 15 is 0 Å². The second-order valence-electron chi connectivity index (χ2n) is 15.8. The Bertz CT molecular complexity index is 3440. The lowest BCUT2D eigenvalue weighted by Gasteiger charge is -2.10. The van der Waals surface area contributed by atoms with Gasteiger partial charge in [0, 0.05) is 61.3 Å². The van der Waals surface area contributed by atoms with Gasteiger partial charge in [-0.25, -0.2) is 9.97 Å². The summed E-state index contributed by atoms with van der Waals surface area (Å²) in [6.45, 7) is 0. The van der Waals surface area contributed by atoms with Crippen LogP contribution in [0.3, 0.4) is 0 Å². The van der Waals surface area contributed by atoms with E-state index in [1.165, 1.54) is 0 Å². The van der Waals surface area contributed by atoms with Crippen LogP contribution >= 0.6 is 0 Å². The minimum Gasteiger partial charge on any atom is -0.399 e. The molecule has 5 heterocycles. The van der Waals surface area contributed by atoms with Crippen molar-refractivity contribution in [2.24, 2.45) is 0 Å². The fourth-order valence-electron chi connectivity index (χ4n) is 8.72. The second-order valence-corrected chi connectivity index (χ2v) is 15.8. The predicted octanol–water partition coefficient (Wildman–Crippen LogP) is 13.8. The van der Waals surface area contributed by atoms with E-state index in [0.29, 0.717) is 16.9 Å². The molecule has 0 aliphatic carbocycles. The van der Waals surface area contributed by atoms with E-state index in [4.69, 9.17) is 15.7 Å². The summed E-state index contributed by atoms with van der Waals surface area (Å²) in [5, 5.41) is 3.09. The molecule has 8 bridgehead atoms. The fraction of sp³-hybridized carbons (Fsp3) is 0. The highest BCUT2D eigenvalue weighted by atomic mass is 16.1. The Balaban J connectivity index is 1.11. The van der Waals surface area contributed by atoms with Gasteiger partial charge in [-0.15, -0.1) is 0 Å². The van der Waals surface area contributed by atoms with Gasteiger partial charge in [-0.05, 0) is 118 Å². The van der Waals surface area contributed by atoms with E-state index in [1.54, 1.807) is 0 Å². The molecule has 7 heteroatoms. The fourth-order valence-corrected chi connectivity index (χ4v) is 8.72. The Morgan fingerprint density at radius 1 is 0.391 bits per heavy atom. The van der Waals surface area contributed by atoms with Gasteiger partial charge in [-0.2, -0.15) is 0 Å². The number of fused-ring (bicyclic) bond motifs is 8. The van der Waals surface area contributed by atoms with Gasteiger partial charge in [-0.3, -0.25) is 4.79 Å². The zero-order valence-electron chi connectivity index (χ0n) is 34.6.